The smallest absolute Gasteiger partial charge is 0.239 e. The van der Waals surface area contributed by atoms with Crippen molar-refractivity contribution in [3.8, 4) is 5.75 Å². The average molecular weight is 304 g/mol. The van der Waals surface area contributed by atoms with Gasteiger partial charge >= 0.3 is 0 Å². The average Bonchev–Trinajstić information content (AvgIpc) is 3.05. The van der Waals surface area contributed by atoms with Crippen LogP contribution in [0.3, 0.4) is 0 Å². The second-order valence-corrected chi connectivity index (χ2v) is 5.60. The molecule has 0 fully saturated rings. The zero-order chi connectivity index (χ0) is 15.1. The molecular weight excluding hydrogens is 284 g/mol. The Kier molecular flexibility index (Phi) is 5.63. The van der Waals surface area contributed by atoms with Gasteiger partial charge in [-0.05, 0) is 40.4 Å². The third kappa shape index (κ3) is 4.49. The van der Waals surface area contributed by atoms with Crippen molar-refractivity contribution in [2.24, 2.45) is 0 Å². The molecule has 21 heavy (non-hydrogen) atoms. The Balaban J connectivity index is 1.77. The highest BCUT2D eigenvalue weighted by molar-refractivity contribution is 7.07. The third-order valence-corrected chi connectivity index (χ3v) is 3.97. The van der Waals surface area contributed by atoms with Gasteiger partial charge in [0.25, 0.3) is 0 Å². The van der Waals surface area contributed by atoms with Gasteiger partial charge in [-0.2, -0.15) is 11.3 Å². The minimum absolute atomic E-state index is 0.0250. The summed E-state index contributed by atoms with van der Waals surface area (Å²) < 4.78 is 5.23. The first kappa shape index (κ1) is 15.4. The number of methoxy groups -OCH3 is 1. The minimum atomic E-state index is -0.0250. The van der Waals surface area contributed by atoms with Crippen LogP contribution in [0.15, 0.2) is 41.1 Å². The Labute approximate surface area is 129 Å². The number of hydrogen-bond donors (Lipinski definition) is 2. The maximum atomic E-state index is 11.9. The van der Waals surface area contributed by atoms with E-state index in [1.54, 1.807) is 18.4 Å². The highest BCUT2D eigenvalue weighted by Gasteiger charge is 2.09. The van der Waals surface area contributed by atoms with Crippen LogP contribution in [0.1, 0.15) is 18.4 Å². The molecule has 0 spiro atoms. The summed E-state index contributed by atoms with van der Waals surface area (Å²) >= 11 is 1.67. The molecule has 4 nitrogen and oxygen atoms in total. The van der Waals surface area contributed by atoms with Crippen molar-refractivity contribution in [3.05, 3.63) is 46.7 Å². The molecule has 1 aromatic carbocycles. The minimum Gasteiger partial charge on any atom is -0.495 e. The van der Waals surface area contributed by atoms with Gasteiger partial charge in [0.2, 0.25) is 5.91 Å². The Morgan fingerprint density at radius 3 is 2.86 bits per heavy atom. The molecule has 0 aliphatic heterocycles. The van der Waals surface area contributed by atoms with E-state index in [9.17, 15) is 4.79 Å². The van der Waals surface area contributed by atoms with Crippen LogP contribution < -0.4 is 15.4 Å². The van der Waals surface area contributed by atoms with Gasteiger partial charge in [0.15, 0.2) is 0 Å². The van der Waals surface area contributed by atoms with E-state index in [2.05, 4.69) is 34.4 Å². The van der Waals surface area contributed by atoms with E-state index in [-0.39, 0.29) is 12.5 Å². The fraction of sp³-hybridized carbons (Fsp3) is 0.312. The number of hydrogen-bond acceptors (Lipinski definition) is 4. The number of ether oxygens (including phenoxy) is 1. The molecule has 1 heterocycles. The normalized spacial score (nSPS) is 11.7. The largest absolute Gasteiger partial charge is 0.495 e. The van der Waals surface area contributed by atoms with Crippen molar-refractivity contribution in [3.63, 3.8) is 0 Å². The van der Waals surface area contributed by atoms with E-state index in [0.717, 1.165) is 11.4 Å². The molecule has 1 amide bonds. The topological polar surface area (TPSA) is 50.4 Å². The second kappa shape index (κ2) is 7.69. The van der Waals surface area contributed by atoms with Gasteiger partial charge in [0, 0.05) is 6.54 Å². The molecule has 1 aromatic heterocycles. The second-order valence-electron chi connectivity index (χ2n) is 4.82. The number of anilines is 1. The predicted molar refractivity (Wildman–Crippen MR) is 87.2 cm³/mol. The van der Waals surface area contributed by atoms with E-state index in [1.807, 2.05) is 24.3 Å². The van der Waals surface area contributed by atoms with Gasteiger partial charge in [-0.25, -0.2) is 0 Å². The van der Waals surface area contributed by atoms with E-state index in [1.165, 1.54) is 5.56 Å². The summed E-state index contributed by atoms with van der Waals surface area (Å²) in [6, 6.07) is 9.64. The molecule has 5 heteroatoms. The number of thiophene rings is 1. The molecule has 0 saturated carbocycles. The maximum Gasteiger partial charge on any atom is 0.239 e. The Morgan fingerprint density at radius 1 is 1.33 bits per heavy atom. The van der Waals surface area contributed by atoms with Crippen molar-refractivity contribution >= 4 is 22.9 Å². The summed E-state index contributed by atoms with van der Waals surface area (Å²) in [7, 11) is 1.61. The quantitative estimate of drug-likeness (QED) is 0.826. The zero-order valence-electron chi connectivity index (χ0n) is 12.3. The number of carbonyl (C=O) groups is 1. The lowest BCUT2D eigenvalue weighted by Crippen LogP contribution is -2.32. The maximum absolute atomic E-state index is 11.9. The van der Waals surface area contributed by atoms with Gasteiger partial charge < -0.3 is 15.4 Å². The number of benzene rings is 1. The highest BCUT2D eigenvalue weighted by atomic mass is 32.1. The molecule has 0 unspecified atom stereocenters. The van der Waals surface area contributed by atoms with Gasteiger partial charge in [0.05, 0.1) is 19.3 Å². The number of amides is 1. The lowest BCUT2D eigenvalue weighted by atomic mass is 10.1. The van der Waals surface area contributed by atoms with Crippen LogP contribution in [0.2, 0.25) is 0 Å². The highest BCUT2D eigenvalue weighted by Crippen LogP contribution is 2.22. The molecule has 2 N–H and O–H groups in total. The van der Waals surface area contributed by atoms with Crippen molar-refractivity contribution in [2.75, 3.05) is 25.5 Å². The van der Waals surface area contributed by atoms with Crippen molar-refractivity contribution < 1.29 is 9.53 Å². The van der Waals surface area contributed by atoms with Crippen LogP contribution in [0.5, 0.6) is 5.75 Å². The fourth-order valence-corrected chi connectivity index (χ4v) is 2.75. The van der Waals surface area contributed by atoms with E-state index < -0.39 is 0 Å². The zero-order valence-corrected chi connectivity index (χ0v) is 13.1. The molecule has 0 saturated heterocycles. The Bertz CT molecular complexity index is 569. The number of nitrogens with one attached hydrogen (secondary N) is 2. The van der Waals surface area contributed by atoms with E-state index in [0.29, 0.717) is 12.5 Å². The van der Waals surface area contributed by atoms with Crippen LogP contribution in [0, 0.1) is 0 Å². The first-order valence-corrected chi connectivity index (χ1v) is 7.80. The summed E-state index contributed by atoms with van der Waals surface area (Å²) in [6.07, 6.45) is 0. The van der Waals surface area contributed by atoms with E-state index in [4.69, 9.17) is 4.74 Å². The monoisotopic (exact) mass is 304 g/mol. The fourth-order valence-electron chi connectivity index (χ4n) is 1.97. The summed E-state index contributed by atoms with van der Waals surface area (Å²) in [6.45, 7) is 2.98. The molecular formula is C16H20N2O2S. The molecule has 0 bridgehead atoms. The van der Waals surface area contributed by atoms with Crippen molar-refractivity contribution in [1.82, 2.24) is 5.32 Å². The van der Waals surface area contributed by atoms with Crippen molar-refractivity contribution in [2.45, 2.75) is 12.8 Å². The summed E-state index contributed by atoms with van der Waals surface area (Å²) in [4.78, 5) is 11.9. The van der Waals surface area contributed by atoms with Gasteiger partial charge in [0.1, 0.15) is 5.75 Å². The van der Waals surface area contributed by atoms with Crippen LogP contribution in [0.4, 0.5) is 5.69 Å². The van der Waals surface area contributed by atoms with Crippen LogP contribution in [-0.4, -0.2) is 26.1 Å². The molecule has 112 valence electrons. The third-order valence-electron chi connectivity index (χ3n) is 3.26. The molecule has 2 rings (SSSR count). The molecule has 0 aliphatic rings. The first-order valence-electron chi connectivity index (χ1n) is 6.86. The standard InChI is InChI=1S/C16H20N2O2S/c1-12(13-7-8-21-11-13)9-18-16(19)10-17-14-5-3-4-6-15(14)20-2/h3-8,11-12,17H,9-10H2,1-2H3,(H,18,19)/t12-/m0/s1. The molecule has 0 aliphatic carbocycles. The Hall–Kier alpha value is -2.01. The summed E-state index contributed by atoms with van der Waals surface area (Å²) in [5, 5.41) is 10.2. The van der Waals surface area contributed by atoms with E-state index >= 15 is 0 Å². The predicted octanol–water partition coefficient (Wildman–Crippen LogP) is 3.09. The lowest BCUT2D eigenvalue weighted by Gasteiger charge is -2.13. The van der Waals surface area contributed by atoms with Gasteiger partial charge in [-0.1, -0.05) is 19.1 Å². The van der Waals surface area contributed by atoms with Crippen LogP contribution >= 0.6 is 11.3 Å². The number of carbonyl (C=O) groups excluding carboxylic acids is 1. The molecule has 0 radical (unpaired) electrons. The summed E-state index contributed by atoms with van der Waals surface area (Å²) in [5.41, 5.74) is 2.08. The number of rotatable bonds is 7. The molecule has 2 aromatic rings. The molecule has 1 atom stereocenters. The SMILES string of the molecule is COc1ccccc1NCC(=O)NC[C@H](C)c1ccsc1. The first-order chi connectivity index (χ1) is 10.2. The number of para-hydroxylation sites is 2. The lowest BCUT2D eigenvalue weighted by molar-refractivity contribution is -0.119. The van der Waals surface area contributed by atoms with Crippen LogP contribution in [0.25, 0.3) is 0 Å². The van der Waals surface area contributed by atoms with Gasteiger partial charge in [-0.15, -0.1) is 0 Å². The van der Waals surface area contributed by atoms with Gasteiger partial charge in [-0.3, -0.25) is 4.79 Å². The van der Waals surface area contributed by atoms with Crippen molar-refractivity contribution in [1.29, 1.82) is 0 Å². The van der Waals surface area contributed by atoms with Crippen LogP contribution in [-0.2, 0) is 4.79 Å². The summed E-state index contributed by atoms with van der Waals surface area (Å²) in [5.74, 6) is 1.03. The Morgan fingerprint density at radius 2 is 2.14 bits per heavy atom.